The first-order valence-corrected chi connectivity index (χ1v) is 3.73. The number of nitriles is 1. The maximum absolute atomic E-state index is 11.8. The lowest BCUT2D eigenvalue weighted by Gasteiger charge is -2.08. The van der Waals surface area contributed by atoms with Crippen molar-refractivity contribution in [2.45, 2.75) is 13.0 Å². The van der Waals surface area contributed by atoms with Gasteiger partial charge in [0, 0.05) is 11.6 Å². The van der Waals surface area contributed by atoms with Crippen LogP contribution in [-0.4, -0.2) is 16.5 Å². The molecule has 1 aromatic heterocycles. The Balaban J connectivity index is 3.00. The van der Waals surface area contributed by atoms with E-state index in [4.69, 9.17) is 10.4 Å². The van der Waals surface area contributed by atoms with Crippen LogP contribution in [-0.2, 0) is 6.61 Å². The van der Waals surface area contributed by atoms with Gasteiger partial charge in [0.15, 0.2) is 0 Å². The molecular weight excluding hydrogens is 213 g/mol. The molecule has 0 radical (unpaired) electrons. The number of alkyl halides is 3. The number of nitrogens with zero attached hydrogens (tertiary/aromatic N) is 2. The molecule has 1 N–H and O–H groups in total. The van der Waals surface area contributed by atoms with Gasteiger partial charge in [-0.15, -0.1) is 13.2 Å². The van der Waals surface area contributed by atoms with Gasteiger partial charge in [0.2, 0.25) is 5.88 Å². The van der Waals surface area contributed by atoms with E-state index >= 15 is 0 Å². The standard InChI is InChI=1S/C8H5F3N2O2/c9-8(10,11)15-7-2-1-5(4-14)6(3-12)13-7/h1-2,14H,4H2. The fraction of sp³-hybridized carbons (Fsp3) is 0.250. The second kappa shape index (κ2) is 4.14. The molecule has 0 saturated carbocycles. The molecule has 1 heterocycles. The molecule has 0 amide bonds. The van der Waals surface area contributed by atoms with Crippen LogP contribution in [0, 0.1) is 11.3 Å². The monoisotopic (exact) mass is 218 g/mol. The van der Waals surface area contributed by atoms with Crippen LogP contribution in [0.15, 0.2) is 12.1 Å². The second-order valence-corrected chi connectivity index (χ2v) is 2.47. The maximum atomic E-state index is 11.8. The van der Waals surface area contributed by atoms with Crippen LogP contribution in [0.25, 0.3) is 0 Å². The van der Waals surface area contributed by atoms with E-state index in [9.17, 15) is 13.2 Å². The summed E-state index contributed by atoms with van der Waals surface area (Å²) in [6, 6.07) is 3.63. The van der Waals surface area contributed by atoms with E-state index in [1.54, 1.807) is 6.07 Å². The number of aromatic nitrogens is 1. The SMILES string of the molecule is N#Cc1nc(OC(F)(F)F)ccc1CO. The minimum atomic E-state index is -4.85. The summed E-state index contributed by atoms with van der Waals surface area (Å²) in [6.45, 7) is -0.470. The molecule has 15 heavy (non-hydrogen) atoms. The molecular formula is C8H5F3N2O2. The van der Waals surface area contributed by atoms with Crippen LogP contribution >= 0.6 is 0 Å². The predicted octanol–water partition coefficient (Wildman–Crippen LogP) is 1.34. The molecule has 0 bridgehead atoms. The summed E-state index contributed by atoms with van der Waals surface area (Å²) in [5.41, 5.74) is -0.147. The highest BCUT2D eigenvalue weighted by Gasteiger charge is 2.31. The van der Waals surface area contributed by atoms with E-state index in [0.29, 0.717) is 0 Å². The first-order chi connectivity index (χ1) is 6.96. The van der Waals surface area contributed by atoms with E-state index in [0.717, 1.165) is 12.1 Å². The second-order valence-electron chi connectivity index (χ2n) is 2.47. The van der Waals surface area contributed by atoms with Crippen molar-refractivity contribution in [3.8, 4) is 11.9 Å². The van der Waals surface area contributed by atoms with Gasteiger partial charge in [0.25, 0.3) is 0 Å². The smallest absolute Gasteiger partial charge is 0.392 e. The molecule has 0 spiro atoms. The number of halogens is 3. The first kappa shape index (κ1) is 11.3. The third-order valence-corrected chi connectivity index (χ3v) is 1.45. The van der Waals surface area contributed by atoms with Crippen molar-refractivity contribution in [1.82, 2.24) is 4.98 Å². The number of pyridine rings is 1. The molecule has 0 aliphatic rings. The Kier molecular flexibility index (Phi) is 3.11. The zero-order valence-corrected chi connectivity index (χ0v) is 7.25. The average molecular weight is 218 g/mol. The van der Waals surface area contributed by atoms with Gasteiger partial charge >= 0.3 is 6.36 Å². The Morgan fingerprint density at radius 3 is 2.60 bits per heavy atom. The number of aliphatic hydroxyl groups excluding tert-OH is 1. The molecule has 0 aromatic carbocycles. The van der Waals surface area contributed by atoms with E-state index in [2.05, 4.69) is 9.72 Å². The largest absolute Gasteiger partial charge is 0.574 e. The fourth-order valence-corrected chi connectivity index (χ4v) is 0.870. The first-order valence-electron chi connectivity index (χ1n) is 3.73. The summed E-state index contributed by atoms with van der Waals surface area (Å²) >= 11 is 0. The highest BCUT2D eigenvalue weighted by molar-refractivity contribution is 5.33. The third kappa shape index (κ3) is 3.11. The molecule has 0 aliphatic carbocycles. The number of rotatable bonds is 2. The zero-order valence-electron chi connectivity index (χ0n) is 7.25. The molecule has 0 aliphatic heterocycles. The summed E-state index contributed by atoms with van der Waals surface area (Å²) in [5, 5.41) is 17.2. The van der Waals surface area contributed by atoms with E-state index in [1.165, 1.54) is 0 Å². The minimum Gasteiger partial charge on any atom is -0.392 e. The van der Waals surface area contributed by atoms with Crippen LogP contribution in [0.4, 0.5) is 13.2 Å². The van der Waals surface area contributed by atoms with Gasteiger partial charge in [0.05, 0.1) is 6.61 Å². The van der Waals surface area contributed by atoms with Gasteiger partial charge in [-0.1, -0.05) is 0 Å². The Morgan fingerprint density at radius 2 is 2.13 bits per heavy atom. The van der Waals surface area contributed by atoms with Gasteiger partial charge < -0.3 is 9.84 Å². The number of hydrogen-bond donors (Lipinski definition) is 1. The minimum absolute atomic E-state index is 0.145. The number of ether oxygens (including phenoxy) is 1. The lowest BCUT2D eigenvalue weighted by molar-refractivity contribution is -0.276. The highest BCUT2D eigenvalue weighted by Crippen LogP contribution is 2.21. The van der Waals surface area contributed by atoms with Crippen molar-refractivity contribution >= 4 is 0 Å². The fourth-order valence-electron chi connectivity index (χ4n) is 0.870. The normalized spacial score (nSPS) is 10.9. The summed E-state index contributed by atoms with van der Waals surface area (Å²) < 4.78 is 38.8. The Hall–Kier alpha value is -1.81. The maximum Gasteiger partial charge on any atom is 0.574 e. The third-order valence-electron chi connectivity index (χ3n) is 1.45. The topological polar surface area (TPSA) is 66.1 Å². The van der Waals surface area contributed by atoms with Crippen molar-refractivity contribution in [2.24, 2.45) is 0 Å². The van der Waals surface area contributed by atoms with Gasteiger partial charge in [-0.05, 0) is 6.07 Å². The quantitative estimate of drug-likeness (QED) is 0.813. The molecule has 0 unspecified atom stereocenters. The van der Waals surface area contributed by atoms with Crippen molar-refractivity contribution in [3.63, 3.8) is 0 Å². The molecule has 1 rings (SSSR count). The van der Waals surface area contributed by atoms with Crippen LogP contribution in [0.3, 0.4) is 0 Å². The van der Waals surface area contributed by atoms with E-state index in [1.807, 2.05) is 0 Å². The van der Waals surface area contributed by atoms with Crippen LogP contribution in [0.1, 0.15) is 11.3 Å². The molecule has 80 valence electrons. The molecule has 7 heteroatoms. The predicted molar refractivity (Wildman–Crippen MR) is 41.6 cm³/mol. The lowest BCUT2D eigenvalue weighted by Crippen LogP contribution is -2.18. The molecule has 1 aromatic rings. The summed E-state index contributed by atoms with van der Waals surface area (Å²) in [4.78, 5) is 3.28. The average Bonchev–Trinajstić information content (AvgIpc) is 2.15. The molecule has 0 fully saturated rings. The molecule has 4 nitrogen and oxygen atoms in total. The Morgan fingerprint density at radius 1 is 1.47 bits per heavy atom. The lowest BCUT2D eigenvalue weighted by atomic mass is 10.2. The van der Waals surface area contributed by atoms with Crippen LogP contribution < -0.4 is 4.74 Å². The van der Waals surface area contributed by atoms with E-state index in [-0.39, 0.29) is 11.3 Å². The van der Waals surface area contributed by atoms with Gasteiger partial charge in [-0.3, -0.25) is 0 Å². The number of hydrogen-bond acceptors (Lipinski definition) is 4. The summed E-state index contributed by atoms with van der Waals surface area (Å²) in [6.07, 6.45) is -4.85. The van der Waals surface area contributed by atoms with Crippen molar-refractivity contribution < 1.29 is 23.0 Å². The molecule has 0 atom stereocenters. The number of aliphatic hydroxyl groups is 1. The van der Waals surface area contributed by atoms with Crippen molar-refractivity contribution in [2.75, 3.05) is 0 Å². The Labute approximate surface area is 82.5 Å². The van der Waals surface area contributed by atoms with Gasteiger partial charge in [0.1, 0.15) is 11.8 Å². The highest BCUT2D eigenvalue weighted by atomic mass is 19.4. The zero-order chi connectivity index (χ0) is 11.5. The molecule has 0 saturated heterocycles. The van der Waals surface area contributed by atoms with Crippen LogP contribution in [0.2, 0.25) is 0 Å². The summed E-state index contributed by atoms with van der Waals surface area (Å²) in [5.74, 6) is -0.726. The summed E-state index contributed by atoms with van der Waals surface area (Å²) in [7, 11) is 0. The van der Waals surface area contributed by atoms with Crippen LogP contribution in [0.5, 0.6) is 5.88 Å². The van der Waals surface area contributed by atoms with Gasteiger partial charge in [-0.25, -0.2) is 4.98 Å². The van der Waals surface area contributed by atoms with Gasteiger partial charge in [-0.2, -0.15) is 5.26 Å². The van der Waals surface area contributed by atoms with Crippen molar-refractivity contribution in [3.05, 3.63) is 23.4 Å². The van der Waals surface area contributed by atoms with E-state index < -0.39 is 18.8 Å². The Bertz CT molecular complexity index is 398. The van der Waals surface area contributed by atoms with Crippen molar-refractivity contribution in [1.29, 1.82) is 5.26 Å².